The molecule has 1 aromatic rings. The molecule has 0 aliphatic carbocycles. The number of carboxylic acids is 1. The van der Waals surface area contributed by atoms with Gasteiger partial charge in [-0.15, -0.1) is 0 Å². The van der Waals surface area contributed by atoms with Gasteiger partial charge in [0.05, 0.1) is 9.80 Å². The van der Waals surface area contributed by atoms with Crippen LogP contribution in [0, 0.1) is 6.92 Å². The Morgan fingerprint density at radius 3 is 2.50 bits per heavy atom. The Kier molecular flexibility index (Phi) is 2.79. The molecular weight excluding hydrogens is 254 g/mol. The molecule has 3 N–H and O–H groups in total. The van der Waals surface area contributed by atoms with Crippen LogP contribution in [0.15, 0.2) is 28.0 Å². The number of aliphatic carboxylic acids is 1. The van der Waals surface area contributed by atoms with Crippen LogP contribution in [0.1, 0.15) is 18.1 Å². The molecule has 1 aromatic carbocycles. The van der Waals surface area contributed by atoms with Crippen LogP contribution in [0.3, 0.4) is 0 Å². The van der Waals surface area contributed by atoms with E-state index in [2.05, 4.69) is 0 Å². The van der Waals surface area contributed by atoms with Gasteiger partial charge in [0.15, 0.2) is 0 Å². The number of carboxylic acid groups (broad SMARTS) is 1. The van der Waals surface area contributed by atoms with E-state index in [4.69, 9.17) is 10.8 Å². The summed E-state index contributed by atoms with van der Waals surface area (Å²) in [6.45, 7) is 3.08. The SMILES string of the molecule is CC1=C(C(N)C(=O)O)c2cccc(C)c2S1(=O)=O. The van der Waals surface area contributed by atoms with Crippen molar-refractivity contribution in [1.29, 1.82) is 0 Å². The molecule has 1 heterocycles. The van der Waals surface area contributed by atoms with E-state index in [9.17, 15) is 13.2 Å². The van der Waals surface area contributed by atoms with Gasteiger partial charge >= 0.3 is 5.97 Å². The standard InChI is InChI=1S/C12H13NO4S/c1-6-4-3-5-8-9(10(13)12(14)15)7(2)18(16,17)11(6)8/h3-5,10H,13H2,1-2H3,(H,14,15). The van der Waals surface area contributed by atoms with E-state index in [0.717, 1.165) is 0 Å². The molecule has 0 saturated carbocycles. The van der Waals surface area contributed by atoms with Crippen molar-refractivity contribution in [2.45, 2.75) is 24.8 Å². The first-order valence-electron chi connectivity index (χ1n) is 5.32. The van der Waals surface area contributed by atoms with E-state index in [1.54, 1.807) is 25.1 Å². The van der Waals surface area contributed by atoms with Crippen LogP contribution in [0.25, 0.3) is 5.57 Å². The Labute approximate surface area is 105 Å². The molecule has 1 unspecified atom stereocenters. The maximum atomic E-state index is 12.2. The first-order chi connectivity index (χ1) is 8.28. The summed E-state index contributed by atoms with van der Waals surface area (Å²) in [5.41, 5.74) is 6.76. The zero-order valence-corrected chi connectivity index (χ0v) is 10.8. The lowest BCUT2D eigenvalue weighted by molar-refractivity contribution is -0.137. The van der Waals surface area contributed by atoms with Gasteiger partial charge in [0.1, 0.15) is 6.04 Å². The predicted octanol–water partition coefficient (Wildman–Crippen LogP) is 0.925. The molecule has 2 rings (SSSR count). The van der Waals surface area contributed by atoms with E-state index in [1.807, 2.05) is 0 Å². The summed E-state index contributed by atoms with van der Waals surface area (Å²) in [5.74, 6) is -1.24. The Hall–Kier alpha value is -1.66. The minimum Gasteiger partial charge on any atom is -0.480 e. The molecule has 1 aliphatic rings. The van der Waals surface area contributed by atoms with E-state index < -0.39 is 21.8 Å². The van der Waals surface area contributed by atoms with Crippen LogP contribution in [-0.4, -0.2) is 25.5 Å². The Bertz CT molecular complexity index is 673. The molecule has 0 fully saturated rings. The minimum absolute atomic E-state index is 0.0294. The quantitative estimate of drug-likeness (QED) is 0.830. The second-order valence-corrected chi connectivity index (χ2v) is 6.27. The van der Waals surface area contributed by atoms with Crippen LogP contribution in [0.5, 0.6) is 0 Å². The maximum absolute atomic E-state index is 12.2. The molecule has 96 valence electrons. The first-order valence-corrected chi connectivity index (χ1v) is 6.81. The third kappa shape index (κ3) is 1.57. The fourth-order valence-electron chi connectivity index (χ4n) is 2.22. The van der Waals surface area contributed by atoms with Gasteiger partial charge in [-0.1, -0.05) is 18.2 Å². The molecule has 6 heteroatoms. The Balaban J connectivity index is 2.82. The van der Waals surface area contributed by atoms with Crippen LogP contribution in [0.2, 0.25) is 0 Å². The van der Waals surface area contributed by atoms with Gasteiger partial charge in [-0.2, -0.15) is 0 Å². The average Bonchev–Trinajstić information content (AvgIpc) is 2.47. The molecule has 0 aromatic heterocycles. The van der Waals surface area contributed by atoms with Crippen LogP contribution >= 0.6 is 0 Å². The number of allylic oxidation sites excluding steroid dienone is 1. The number of hydrogen-bond acceptors (Lipinski definition) is 4. The zero-order valence-electron chi connectivity index (χ0n) is 9.97. The van der Waals surface area contributed by atoms with E-state index in [1.165, 1.54) is 6.92 Å². The largest absolute Gasteiger partial charge is 0.480 e. The van der Waals surface area contributed by atoms with Gasteiger partial charge in [0.2, 0.25) is 9.84 Å². The van der Waals surface area contributed by atoms with Crippen molar-refractivity contribution in [3.05, 3.63) is 34.2 Å². The third-order valence-corrected chi connectivity index (χ3v) is 5.24. The summed E-state index contributed by atoms with van der Waals surface area (Å²) in [4.78, 5) is 11.2. The van der Waals surface area contributed by atoms with Gasteiger partial charge in [-0.25, -0.2) is 8.42 Å². The number of aryl methyl sites for hydroxylation is 1. The van der Waals surface area contributed by atoms with Crippen molar-refractivity contribution >= 4 is 21.4 Å². The normalized spacial score (nSPS) is 18.6. The molecule has 0 radical (unpaired) electrons. The number of nitrogens with two attached hydrogens (primary N) is 1. The summed E-state index contributed by atoms with van der Waals surface area (Å²) < 4.78 is 24.5. The molecule has 0 bridgehead atoms. The summed E-state index contributed by atoms with van der Waals surface area (Å²) in [6, 6.07) is 3.63. The molecular formula is C12H13NO4S. The highest BCUT2D eigenvalue weighted by Gasteiger charge is 2.38. The Morgan fingerprint density at radius 2 is 1.94 bits per heavy atom. The molecule has 0 amide bonds. The Morgan fingerprint density at radius 1 is 1.33 bits per heavy atom. The number of rotatable bonds is 2. The van der Waals surface area contributed by atoms with Gasteiger partial charge < -0.3 is 10.8 Å². The van der Waals surface area contributed by atoms with Gasteiger partial charge in [0, 0.05) is 11.1 Å². The lowest BCUT2D eigenvalue weighted by Crippen LogP contribution is -2.31. The average molecular weight is 267 g/mol. The summed E-state index contributed by atoms with van der Waals surface area (Å²) in [6.07, 6.45) is 0. The monoisotopic (exact) mass is 267 g/mol. The smallest absolute Gasteiger partial charge is 0.325 e. The third-order valence-electron chi connectivity index (χ3n) is 3.13. The summed E-state index contributed by atoms with van der Waals surface area (Å²) in [7, 11) is -3.61. The summed E-state index contributed by atoms with van der Waals surface area (Å²) >= 11 is 0. The number of fused-ring (bicyclic) bond motifs is 1. The molecule has 0 spiro atoms. The van der Waals surface area contributed by atoms with Gasteiger partial charge in [-0.05, 0) is 19.4 Å². The van der Waals surface area contributed by atoms with Crippen molar-refractivity contribution in [2.24, 2.45) is 5.73 Å². The van der Waals surface area contributed by atoms with Crippen LogP contribution < -0.4 is 5.73 Å². The van der Waals surface area contributed by atoms with Crippen molar-refractivity contribution in [3.63, 3.8) is 0 Å². The molecule has 1 aliphatic heterocycles. The van der Waals surface area contributed by atoms with E-state index in [-0.39, 0.29) is 15.4 Å². The second kappa shape index (κ2) is 3.93. The lowest BCUT2D eigenvalue weighted by atomic mass is 9.97. The minimum atomic E-state index is -3.61. The van der Waals surface area contributed by atoms with E-state index >= 15 is 0 Å². The van der Waals surface area contributed by atoms with Crippen molar-refractivity contribution < 1.29 is 18.3 Å². The van der Waals surface area contributed by atoms with E-state index in [0.29, 0.717) is 11.1 Å². The molecule has 0 saturated heterocycles. The highest BCUT2D eigenvalue weighted by Crippen LogP contribution is 2.41. The molecule has 5 nitrogen and oxygen atoms in total. The van der Waals surface area contributed by atoms with Crippen molar-refractivity contribution in [2.75, 3.05) is 0 Å². The highest BCUT2D eigenvalue weighted by molar-refractivity contribution is 7.96. The first kappa shape index (κ1) is 12.8. The number of carbonyl (C=O) groups is 1. The fraction of sp³-hybridized carbons (Fsp3) is 0.250. The zero-order chi connectivity index (χ0) is 13.7. The van der Waals surface area contributed by atoms with Crippen LogP contribution in [0.4, 0.5) is 0 Å². The van der Waals surface area contributed by atoms with Gasteiger partial charge in [0.25, 0.3) is 0 Å². The number of hydrogen-bond donors (Lipinski definition) is 2. The lowest BCUT2D eigenvalue weighted by Gasteiger charge is -2.10. The molecule has 1 atom stereocenters. The molecule has 18 heavy (non-hydrogen) atoms. The van der Waals surface area contributed by atoms with Crippen molar-refractivity contribution in [3.8, 4) is 0 Å². The predicted molar refractivity (Wildman–Crippen MR) is 66.6 cm³/mol. The highest BCUT2D eigenvalue weighted by atomic mass is 32.2. The van der Waals surface area contributed by atoms with Crippen molar-refractivity contribution in [1.82, 2.24) is 0 Å². The summed E-state index contributed by atoms with van der Waals surface area (Å²) in [5, 5.41) is 8.97. The number of benzene rings is 1. The fourth-order valence-corrected chi connectivity index (χ4v) is 4.01. The second-order valence-electron chi connectivity index (χ2n) is 4.24. The number of sulfone groups is 1. The maximum Gasteiger partial charge on any atom is 0.325 e. The topological polar surface area (TPSA) is 97.5 Å². The van der Waals surface area contributed by atoms with Gasteiger partial charge in [-0.3, -0.25) is 4.79 Å². The van der Waals surface area contributed by atoms with Crippen LogP contribution in [-0.2, 0) is 14.6 Å².